The molecule has 9 aliphatic heterocycles. The number of aliphatic imine (C=N–C) groups is 4. The number of hydrogen-bond acceptors (Lipinski definition) is 40. The summed E-state index contributed by atoms with van der Waals surface area (Å²) < 4.78 is 10.9. The first-order valence-corrected chi connectivity index (χ1v) is 49.9. The minimum atomic E-state index is -0.602. The Balaban J connectivity index is 0.000000147. The number of nitrogens with one attached hydrogen (secondary N) is 9. The molecule has 10 aromatic rings. The molecule has 7 aromatic heterocycles. The number of piperazine rings is 1. The fourth-order valence-electron chi connectivity index (χ4n) is 17.8. The van der Waals surface area contributed by atoms with Gasteiger partial charge in [0.2, 0.25) is 0 Å². The number of nitrogens with two attached hydrogens (primary N) is 7. The lowest BCUT2D eigenvalue weighted by Crippen LogP contribution is -2.57. The number of likely N-dealkylation sites (N-methyl/N-ethyl adjacent to an activating group) is 1. The minimum absolute atomic E-state index is 0. The van der Waals surface area contributed by atoms with Crippen LogP contribution in [0, 0.1) is 27.7 Å². The highest BCUT2D eigenvalue weighted by Gasteiger charge is 2.46. The number of benzene rings is 3. The largest absolute Gasteiger partial charge is 0.383 e. The lowest BCUT2D eigenvalue weighted by molar-refractivity contribution is 0.0656. The molecular formula is C96H117Cl4N37O10S. The molecule has 5 saturated heterocycles. The lowest BCUT2D eigenvalue weighted by atomic mass is 9.88. The van der Waals surface area contributed by atoms with Crippen molar-refractivity contribution >= 4 is 181 Å². The third-order valence-corrected chi connectivity index (χ3v) is 28.5. The van der Waals surface area contributed by atoms with Gasteiger partial charge in [0.05, 0.1) is 72.3 Å². The summed E-state index contributed by atoms with van der Waals surface area (Å²) in [5.74, 6) is -0.220. The number of hydrogen-bond donors (Lipinski definition) is 16. The molecule has 0 radical (unpaired) electrons. The number of carbonyl (C=O) groups is 8. The molecule has 47 nitrogen and oxygen atoms in total. The number of guanidine groups is 4. The van der Waals surface area contributed by atoms with E-state index >= 15 is 0 Å². The van der Waals surface area contributed by atoms with E-state index in [4.69, 9.17) is 95.8 Å². The lowest BCUT2D eigenvalue weighted by Gasteiger charge is -2.39. The van der Waals surface area contributed by atoms with E-state index in [1.54, 1.807) is 24.9 Å². The minimum Gasteiger partial charge on any atom is -0.383 e. The van der Waals surface area contributed by atoms with Crippen molar-refractivity contribution < 1.29 is 47.6 Å². The molecule has 19 rings (SSSR count). The average molecular weight is 2120 g/mol. The molecule has 0 bridgehead atoms. The third-order valence-electron chi connectivity index (χ3n) is 26.5. The van der Waals surface area contributed by atoms with E-state index in [2.05, 4.69) is 140 Å². The van der Waals surface area contributed by atoms with Crippen LogP contribution in [0.25, 0.3) is 21.8 Å². The van der Waals surface area contributed by atoms with Crippen LogP contribution in [0.2, 0.25) is 20.6 Å². The third kappa shape index (κ3) is 25.2. The maximum atomic E-state index is 13.5. The second-order valence-corrected chi connectivity index (χ2v) is 39.6. The van der Waals surface area contributed by atoms with E-state index in [-0.39, 0.29) is 143 Å². The Labute approximate surface area is 875 Å². The van der Waals surface area contributed by atoms with Crippen molar-refractivity contribution in [2.75, 3.05) is 175 Å². The van der Waals surface area contributed by atoms with Crippen molar-refractivity contribution in [1.82, 2.24) is 122 Å². The Morgan fingerprint density at radius 1 is 0.439 bits per heavy atom. The number of anilines is 9. The predicted molar refractivity (Wildman–Crippen MR) is 567 cm³/mol. The van der Waals surface area contributed by atoms with Gasteiger partial charge < -0.3 is 105 Å². The van der Waals surface area contributed by atoms with Crippen molar-refractivity contribution in [3.8, 4) is 21.8 Å². The van der Waals surface area contributed by atoms with Crippen molar-refractivity contribution in [1.29, 1.82) is 0 Å². The molecule has 9 aliphatic rings. The first kappa shape index (κ1) is 107. The van der Waals surface area contributed by atoms with Gasteiger partial charge in [0, 0.05) is 119 Å². The van der Waals surface area contributed by atoms with Gasteiger partial charge in [-0.25, -0.2) is 49.8 Å². The predicted octanol–water partition coefficient (Wildman–Crippen LogP) is 6.68. The molecule has 4 spiro atoms. The van der Waals surface area contributed by atoms with Gasteiger partial charge in [0.15, 0.2) is 108 Å². The molecule has 16 heterocycles. The number of likely N-dealkylation sites (tertiary alicyclic amines) is 4. The van der Waals surface area contributed by atoms with E-state index in [1.165, 1.54) is 16.9 Å². The Morgan fingerprint density at radius 2 is 0.811 bits per heavy atom. The number of pyridine rings is 1. The monoisotopic (exact) mass is 2120 g/mol. The summed E-state index contributed by atoms with van der Waals surface area (Å²) in [7, 11) is 2.12. The quantitative estimate of drug-likeness (QED) is 0.0448. The van der Waals surface area contributed by atoms with Crippen LogP contribution in [0.1, 0.15) is 179 Å². The Morgan fingerprint density at radius 3 is 1.22 bits per heavy atom. The Bertz CT molecular complexity index is 6770. The molecule has 0 saturated carbocycles. The number of carbonyl (C=O) groups excluding carboxylic acids is 8. The smallest absolute Gasteiger partial charge is 0.280 e. The average Bonchev–Trinajstić information content (AvgIpc) is 1.64. The van der Waals surface area contributed by atoms with Gasteiger partial charge in [-0.2, -0.15) is 0 Å². The number of nitrogens with zero attached hydrogens (tertiary/aromatic N) is 21. The number of piperidine rings is 4. The summed E-state index contributed by atoms with van der Waals surface area (Å²) >= 11 is 25.0. The summed E-state index contributed by atoms with van der Waals surface area (Å²) in [5.41, 5.74) is 46.1. The number of rotatable bonds is 16. The van der Waals surface area contributed by atoms with Crippen molar-refractivity contribution in [2.24, 2.45) is 20.0 Å². The number of ether oxygens (including phenoxy) is 1. The normalized spacial score (nSPS) is 17.1. The maximum absolute atomic E-state index is 13.5. The van der Waals surface area contributed by atoms with Crippen LogP contribution in [0.3, 0.4) is 0 Å². The van der Waals surface area contributed by atoms with Crippen molar-refractivity contribution in [3.63, 3.8) is 0 Å². The van der Waals surface area contributed by atoms with Crippen LogP contribution >= 0.6 is 57.7 Å². The summed E-state index contributed by atoms with van der Waals surface area (Å²) in [5, 5.41) is 33.8. The van der Waals surface area contributed by atoms with Crippen LogP contribution in [-0.4, -0.2) is 304 Å². The van der Waals surface area contributed by atoms with Gasteiger partial charge in [-0.15, -0.1) is 11.3 Å². The zero-order valence-corrected chi connectivity index (χ0v) is 85.5. The molecule has 3 aromatic carbocycles. The van der Waals surface area contributed by atoms with E-state index in [9.17, 15) is 38.4 Å². The summed E-state index contributed by atoms with van der Waals surface area (Å²) in [6.07, 6.45) is 7.30. The second-order valence-electron chi connectivity index (χ2n) is 37.4. The van der Waals surface area contributed by atoms with E-state index in [0.717, 1.165) is 59.4 Å². The SMILES string of the molecule is C.CC(C)OCCNc1ccc(C(=O)N2CCC3(CC2)CN=C(NC(=O)c2nc(Cl)c(N)nc2N)N3)cc1.Cc1ccc(-c2nc(C(=O)N3CCC4(CC3)CN=C(NC(=O)c3nc(Cl)c(N)nc3N)N4)cs2)cc1.Cc1ccc(-c2noc(C)c2C(=O)N2CCC3(CC2)CN=C(NC(=O)c2nc(Cl)c(N)nc2N)N3)cc1.Cc1nc(N)c(Cl)nc1C(=O)NC1=NCC2(CCN(C(=O)c3ccc(N4CCN(C)CC4)nc3)CC2)N1. The zero-order chi connectivity index (χ0) is 105. The molecule has 148 heavy (non-hydrogen) atoms. The highest BCUT2D eigenvalue weighted by molar-refractivity contribution is 7.13. The zero-order valence-electron chi connectivity index (χ0n) is 81.6. The van der Waals surface area contributed by atoms with Crippen molar-refractivity contribution in [3.05, 3.63) is 185 Å². The molecule has 0 aliphatic carbocycles. The molecule has 52 heteroatoms. The fraction of sp³-hybridized carbons (Fsp3) is 0.406. The number of amides is 8. The van der Waals surface area contributed by atoms with Crippen LogP contribution < -0.4 is 92.9 Å². The molecular weight excluding hydrogens is 2010 g/mol. The van der Waals surface area contributed by atoms with Gasteiger partial charge in [0.1, 0.15) is 33.5 Å². The van der Waals surface area contributed by atoms with Gasteiger partial charge >= 0.3 is 0 Å². The fourth-order valence-corrected chi connectivity index (χ4v) is 19.1. The number of nitrogen functional groups attached to an aromatic ring is 7. The van der Waals surface area contributed by atoms with Gasteiger partial charge in [-0.1, -0.05) is 119 Å². The van der Waals surface area contributed by atoms with Gasteiger partial charge in [0.25, 0.3) is 47.3 Å². The molecule has 780 valence electrons. The van der Waals surface area contributed by atoms with E-state index < -0.39 is 23.6 Å². The molecule has 8 amide bonds. The number of halogens is 4. The van der Waals surface area contributed by atoms with Crippen LogP contribution in [0.4, 0.5) is 52.2 Å². The highest BCUT2D eigenvalue weighted by Crippen LogP contribution is 2.36. The molecule has 5 fully saturated rings. The standard InChI is InChI=1S/C24H31ClN10O2.C24H26ClN9O3.C24H32ClN9O3.C23H24ClN9O2S.CH4/c1-15-18(30-19(25)20(26)29-15)21(36)31-23-28-14-24(32-23)5-7-35(8-6-24)22(37)16-3-4-17(27-13-16)34-11-9-33(2)10-12-34;1-12-3-5-14(6-4-12)16-15(13(2)37-33-16)22(36)34-9-7-24(8-10-34)11-28-23(32-24)31-21(35)17-19(26)30-20(27)18(25)29-17;1-14(2)37-12-9-28-16-5-3-15(4-6-16)22(36)34-10-7-24(8-11-34)13-29-23(33-24)32-21(35)17-19(26)31-20(27)18(25)30-17;1-12-2-4-13(5-3-12)20-28-14(10-36-20)21(35)33-8-6-23(7-9-33)11-27-22(32-23)31-19(34)15-17(25)30-18(26)16(24)29-15;/h3-4,13H,5-12,14H2,1-2H3,(H2,26,29)(H2,28,31,32,36);3-6H,7-11H2,1-2H3,(H4,26,27,30)(H2,28,31,32,35);3-6,14,28H,7-13H2,1-2H3,(H4,26,27,31)(H2,29,32,33,35);2-5,10H,6-9,11H2,1H3,(H4,25,26,30)(H2,27,31,32,34);1H4. The number of aromatic nitrogens is 11. The summed E-state index contributed by atoms with van der Waals surface area (Å²) in [4.78, 5) is 173. The van der Waals surface area contributed by atoms with Crippen molar-refractivity contribution in [2.45, 2.75) is 129 Å². The van der Waals surface area contributed by atoms with Crippen LogP contribution in [-0.2, 0) is 4.74 Å². The first-order valence-electron chi connectivity index (χ1n) is 47.5. The van der Waals surface area contributed by atoms with Gasteiger partial charge in [-0.05, 0) is 136 Å². The highest BCUT2D eigenvalue weighted by atomic mass is 35.5. The number of thiazole rings is 1. The van der Waals surface area contributed by atoms with E-state index in [0.29, 0.717) is 206 Å². The molecule has 23 N–H and O–H groups in total. The summed E-state index contributed by atoms with van der Waals surface area (Å²) in [6.45, 7) is 23.0. The van der Waals surface area contributed by atoms with E-state index in [1.807, 2.05) is 133 Å². The summed E-state index contributed by atoms with van der Waals surface area (Å²) in [6, 6.07) is 27.2. The first-order chi connectivity index (χ1) is 70.3. The Kier molecular flexibility index (Phi) is 33.2. The number of aryl methyl sites for hydroxylation is 4. The second kappa shape index (κ2) is 45.9. The Hall–Kier alpha value is -15.1. The maximum Gasteiger partial charge on any atom is 0.280 e. The topological polar surface area (TPSA) is 660 Å². The van der Waals surface area contributed by atoms with Crippen LogP contribution in [0.15, 0.2) is 121 Å². The molecule has 0 atom stereocenters. The molecule has 0 unspecified atom stereocenters. The van der Waals surface area contributed by atoms with Crippen LogP contribution in [0.5, 0.6) is 0 Å². The van der Waals surface area contributed by atoms with Gasteiger partial charge in [-0.3, -0.25) is 79.6 Å².